The molecule has 0 amide bonds. The summed E-state index contributed by atoms with van der Waals surface area (Å²) in [4.78, 5) is 0. The molecule has 0 radical (unpaired) electrons. The summed E-state index contributed by atoms with van der Waals surface area (Å²) in [5, 5.41) is 0. The van der Waals surface area contributed by atoms with Crippen molar-refractivity contribution in [2.24, 2.45) is 11.8 Å². The first-order chi connectivity index (χ1) is 8.02. The van der Waals surface area contributed by atoms with Gasteiger partial charge in [-0.1, -0.05) is 52.0 Å². The Bertz CT molecular complexity index is 311. The lowest BCUT2D eigenvalue weighted by atomic mass is 9.91. The first-order valence-corrected chi connectivity index (χ1v) is 7.21. The number of alkyl halides is 1. The average Bonchev–Trinajstić information content (AvgIpc) is 2.28. The van der Waals surface area contributed by atoms with Crippen LogP contribution in [0.1, 0.15) is 51.2 Å². The topological polar surface area (TPSA) is 0 Å². The largest absolute Gasteiger partial charge is 0.126 e. The molecule has 17 heavy (non-hydrogen) atoms. The summed E-state index contributed by atoms with van der Waals surface area (Å²) in [5.74, 6) is 2.73. The van der Waals surface area contributed by atoms with E-state index in [9.17, 15) is 0 Å². The van der Waals surface area contributed by atoms with Crippen molar-refractivity contribution >= 4 is 11.6 Å². The monoisotopic (exact) mass is 252 g/mol. The lowest BCUT2D eigenvalue weighted by molar-refractivity contribution is 0.441. The number of rotatable bonds is 6. The van der Waals surface area contributed by atoms with Gasteiger partial charge < -0.3 is 0 Å². The molecule has 1 unspecified atom stereocenters. The van der Waals surface area contributed by atoms with Crippen LogP contribution in [-0.4, -0.2) is 5.88 Å². The van der Waals surface area contributed by atoms with Gasteiger partial charge in [-0.15, -0.1) is 11.6 Å². The fourth-order valence-electron chi connectivity index (χ4n) is 2.24. The minimum absolute atomic E-state index is 0.613. The molecule has 0 aliphatic rings. The fraction of sp³-hybridized carbons (Fsp3) is 0.625. The summed E-state index contributed by atoms with van der Waals surface area (Å²) in [6.45, 7) is 8.99. The van der Waals surface area contributed by atoms with Gasteiger partial charge in [-0.05, 0) is 41.7 Å². The van der Waals surface area contributed by atoms with Crippen molar-refractivity contribution in [2.75, 3.05) is 5.88 Å². The van der Waals surface area contributed by atoms with Crippen molar-refractivity contribution < 1.29 is 0 Å². The SMILES string of the molecule is CC(C)CC(CCl)Cc1ccc(C(C)C)cc1. The van der Waals surface area contributed by atoms with Crippen LogP contribution < -0.4 is 0 Å². The molecule has 0 nitrogen and oxygen atoms in total. The minimum Gasteiger partial charge on any atom is -0.126 e. The van der Waals surface area contributed by atoms with Gasteiger partial charge >= 0.3 is 0 Å². The second-order valence-electron chi connectivity index (χ2n) is 5.75. The molecule has 96 valence electrons. The number of halogens is 1. The lowest BCUT2D eigenvalue weighted by Crippen LogP contribution is -2.09. The van der Waals surface area contributed by atoms with Gasteiger partial charge in [0.1, 0.15) is 0 Å². The van der Waals surface area contributed by atoms with Gasteiger partial charge in [-0.25, -0.2) is 0 Å². The van der Waals surface area contributed by atoms with Crippen LogP contribution in [0.25, 0.3) is 0 Å². The number of hydrogen-bond donors (Lipinski definition) is 0. The number of hydrogen-bond acceptors (Lipinski definition) is 0. The molecule has 0 spiro atoms. The van der Waals surface area contributed by atoms with E-state index in [0.29, 0.717) is 11.8 Å². The highest BCUT2D eigenvalue weighted by Gasteiger charge is 2.10. The molecule has 0 aliphatic carbocycles. The first-order valence-electron chi connectivity index (χ1n) is 6.67. The van der Waals surface area contributed by atoms with Gasteiger partial charge in [-0.3, -0.25) is 0 Å². The van der Waals surface area contributed by atoms with E-state index in [1.807, 2.05) is 0 Å². The van der Waals surface area contributed by atoms with Crippen molar-refractivity contribution in [2.45, 2.75) is 46.5 Å². The van der Waals surface area contributed by atoms with Crippen molar-refractivity contribution in [3.63, 3.8) is 0 Å². The Morgan fingerprint density at radius 2 is 1.59 bits per heavy atom. The fourth-order valence-corrected chi connectivity index (χ4v) is 2.47. The van der Waals surface area contributed by atoms with Gasteiger partial charge in [0.25, 0.3) is 0 Å². The smallest absolute Gasteiger partial charge is 0.0255 e. The molecule has 1 heteroatoms. The predicted molar refractivity (Wildman–Crippen MR) is 77.9 cm³/mol. The maximum absolute atomic E-state index is 6.04. The van der Waals surface area contributed by atoms with E-state index < -0.39 is 0 Å². The van der Waals surface area contributed by atoms with Crippen LogP contribution in [0.4, 0.5) is 0 Å². The predicted octanol–water partition coefficient (Wildman–Crippen LogP) is 5.25. The third-order valence-corrected chi connectivity index (χ3v) is 3.63. The summed E-state index contributed by atoms with van der Waals surface area (Å²) in [6, 6.07) is 9.02. The molecule has 0 saturated carbocycles. The third kappa shape index (κ3) is 5.12. The van der Waals surface area contributed by atoms with Crippen LogP contribution in [0.15, 0.2) is 24.3 Å². The first kappa shape index (κ1) is 14.6. The second kappa shape index (κ2) is 7.06. The Hall–Kier alpha value is -0.490. The summed E-state index contributed by atoms with van der Waals surface area (Å²) in [6.07, 6.45) is 2.33. The van der Waals surface area contributed by atoms with Gasteiger partial charge in [0, 0.05) is 5.88 Å². The molecule has 1 atom stereocenters. The molecule has 1 aromatic carbocycles. The minimum atomic E-state index is 0.613. The second-order valence-corrected chi connectivity index (χ2v) is 6.06. The Morgan fingerprint density at radius 3 is 2.00 bits per heavy atom. The Balaban J connectivity index is 2.61. The van der Waals surface area contributed by atoms with E-state index in [1.165, 1.54) is 17.5 Å². The van der Waals surface area contributed by atoms with Gasteiger partial charge in [-0.2, -0.15) is 0 Å². The molecule has 0 bridgehead atoms. The zero-order valence-electron chi connectivity index (χ0n) is 11.5. The molecule has 1 rings (SSSR count). The Morgan fingerprint density at radius 1 is 1.00 bits per heavy atom. The zero-order valence-corrected chi connectivity index (χ0v) is 12.3. The van der Waals surface area contributed by atoms with Crippen molar-refractivity contribution in [1.82, 2.24) is 0 Å². The average molecular weight is 253 g/mol. The standard InChI is InChI=1S/C16H25Cl/c1-12(2)9-15(11-17)10-14-5-7-16(8-6-14)13(3)4/h5-8,12-13,15H,9-11H2,1-4H3. The van der Waals surface area contributed by atoms with Crippen molar-refractivity contribution in [3.05, 3.63) is 35.4 Å². The molecule has 0 fully saturated rings. The van der Waals surface area contributed by atoms with E-state index in [2.05, 4.69) is 52.0 Å². The molecule has 0 heterocycles. The summed E-state index contributed by atoms with van der Waals surface area (Å²) in [5.41, 5.74) is 2.83. The van der Waals surface area contributed by atoms with Crippen molar-refractivity contribution in [3.8, 4) is 0 Å². The molecule has 0 N–H and O–H groups in total. The molecule has 0 aromatic heterocycles. The maximum Gasteiger partial charge on any atom is 0.0255 e. The van der Waals surface area contributed by atoms with Crippen LogP contribution in [0, 0.1) is 11.8 Å². The quantitative estimate of drug-likeness (QED) is 0.607. The molecule has 0 saturated heterocycles. The van der Waals surface area contributed by atoms with Gasteiger partial charge in [0.15, 0.2) is 0 Å². The number of benzene rings is 1. The van der Waals surface area contributed by atoms with E-state index in [4.69, 9.17) is 11.6 Å². The summed E-state index contributed by atoms with van der Waals surface area (Å²) < 4.78 is 0. The molecular weight excluding hydrogens is 228 g/mol. The van der Waals surface area contributed by atoms with Crippen molar-refractivity contribution in [1.29, 1.82) is 0 Å². The highest BCUT2D eigenvalue weighted by Crippen LogP contribution is 2.20. The van der Waals surface area contributed by atoms with Crippen LogP contribution in [0.5, 0.6) is 0 Å². The third-order valence-electron chi connectivity index (χ3n) is 3.19. The normalized spacial score (nSPS) is 13.4. The Labute approximate surface area is 111 Å². The van der Waals surface area contributed by atoms with Crippen LogP contribution in [0.3, 0.4) is 0 Å². The highest BCUT2D eigenvalue weighted by molar-refractivity contribution is 6.18. The summed E-state index contributed by atoms with van der Waals surface area (Å²) in [7, 11) is 0. The Kier molecular flexibility index (Phi) is 6.05. The van der Waals surface area contributed by atoms with Gasteiger partial charge in [0.05, 0.1) is 0 Å². The van der Waals surface area contributed by atoms with Crippen LogP contribution in [-0.2, 0) is 6.42 Å². The molecular formula is C16H25Cl. The van der Waals surface area contributed by atoms with Crippen LogP contribution in [0.2, 0.25) is 0 Å². The maximum atomic E-state index is 6.04. The van der Waals surface area contributed by atoms with Crippen LogP contribution >= 0.6 is 11.6 Å². The van der Waals surface area contributed by atoms with E-state index in [1.54, 1.807) is 0 Å². The highest BCUT2D eigenvalue weighted by atomic mass is 35.5. The van der Waals surface area contributed by atoms with E-state index >= 15 is 0 Å². The summed E-state index contributed by atoms with van der Waals surface area (Å²) >= 11 is 6.04. The zero-order chi connectivity index (χ0) is 12.8. The van der Waals surface area contributed by atoms with E-state index in [-0.39, 0.29) is 0 Å². The van der Waals surface area contributed by atoms with E-state index in [0.717, 1.165) is 18.2 Å². The molecule has 1 aromatic rings. The molecule has 0 aliphatic heterocycles. The van der Waals surface area contributed by atoms with Gasteiger partial charge in [0.2, 0.25) is 0 Å². The lowest BCUT2D eigenvalue weighted by Gasteiger charge is -2.16.